The van der Waals surface area contributed by atoms with Gasteiger partial charge in [0.05, 0.1) is 4.90 Å². The van der Waals surface area contributed by atoms with Crippen LogP contribution in [0.25, 0.3) is 0 Å². The molecule has 3 rings (SSSR count). The summed E-state index contributed by atoms with van der Waals surface area (Å²) in [5.41, 5.74) is 2.95. The molecule has 28 heavy (non-hydrogen) atoms. The summed E-state index contributed by atoms with van der Waals surface area (Å²) >= 11 is 0. The second-order valence-corrected chi connectivity index (χ2v) is 9.48. The Labute approximate surface area is 168 Å². The third-order valence-electron chi connectivity index (χ3n) is 5.39. The molecule has 0 aromatic heterocycles. The highest BCUT2D eigenvalue weighted by atomic mass is 32.2. The van der Waals surface area contributed by atoms with Crippen molar-refractivity contribution in [2.75, 3.05) is 26.2 Å². The van der Waals surface area contributed by atoms with Gasteiger partial charge in [-0.15, -0.1) is 0 Å². The lowest BCUT2D eigenvalue weighted by Gasteiger charge is -2.34. The predicted molar refractivity (Wildman–Crippen MR) is 111 cm³/mol. The van der Waals surface area contributed by atoms with E-state index in [4.69, 9.17) is 0 Å². The van der Waals surface area contributed by atoms with Crippen molar-refractivity contribution in [3.05, 3.63) is 65.2 Å². The minimum atomic E-state index is -3.53. The Hall–Kier alpha value is -2.18. The van der Waals surface area contributed by atoms with Crippen molar-refractivity contribution < 1.29 is 13.2 Å². The molecular formula is C22H28N2O3S. The van der Waals surface area contributed by atoms with Crippen molar-refractivity contribution in [3.8, 4) is 0 Å². The van der Waals surface area contributed by atoms with Crippen LogP contribution in [0.3, 0.4) is 0 Å². The molecule has 2 aromatic rings. The fourth-order valence-electron chi connectivity index (χ4n) is 3.70. The third kappa shape index (κ3) is 4.45. The van der Waals surface area contributed by atoms with Crippen LogP contribution in [0.15, 0.2) is 53.4 Å². The molecule has 0 N–H and O–H groups in total. The molecule has 1 aliphatic heterocycles. The van der Waals surface area contributed by atoms with Gasteiger partial charge in [0.2, 0.25) is 15.9 Å². The lowest BCUT2D eigenvalue weighted by Crippen LogP contribution is -2.50. The number of carbonyl (C=O) groups excluding carboxylic acids is 1. The predicted octanol–water partition coefficient (Wildman–Crippen LogP) is 3.33. The highest BCUT2D eigenvalue weighted by Gasteiger charge is 2.31. The van der Waals surface area contributed by atoms with Crippen LogP contribution in [0, 0.1) is 13.8 Å². The molecule has 5 nitrogen and oxygen atoms in total. The van der Waals surface area contributed by atoms with Crippen LogP contribution in [0.4, 0.5) is 0 Å². The van der Waals surface area contributed by atoms with Crippen LogP contribution in [-0.2, 0) is 14.8 Å². The fourth-order valence-corrected chi connectivity index (χ4v) is 5.32. The molecule has 1 unspecified atom stereocenters. The maximum absolute atomic E-state index is 13.0. The van der Waals surface area contributed by atoms with E-state index < -0.39 is 10.0 Å². The van der Waals surface area contributed by atoms with Crippen molar-refractivity contribution in [3.63, 3.8) is 0 Å². The van der Waals surface area contributed by atoms with E-state index in [1.165, 1.54) is 4.31 Å². The first-order chi connectivity index (χ1) is 13.3. The summed E-state index contributed by atoms with van der Waals surface area (Å²) in [6, 6.07) is 15.4. The standard InChI is InChI=1S/C22H28N2O3S/c1-17-9-10-21(19(3)15-17)28(26,27)24-13-11-23(12-14-24)22(25)16-18(2)20-7-5-4-6-8-20/h4-10,15,18H,11-14,16H2,1-3H3. The lowest BCUT2D eigenvalue weighted by atomic mass is 9.97. The molecule has 0 saturated carbocycles. The van der Waals surface area contributed by atoms with E-state index in [1.54, 1.807) is 11.0 Å². The molecule has 1 amide bonds. The van der Waals surface area contributed by atoms with E-state index in [-0.39, 0.29) is 11.8 Å². The summed E-state index contributed by atoms with van der Waals surface area (Å²) < 4.78 is 27.5. The number of aryl methyl sites for hydroxylation is 2. The van der Waals surface area contributed by atoms with Crippen LogP contribution in [0.2, 0.25) is 0 Å². The number of hydrogen-bond donors (Lipinski definition) is 0. The first kappa shape index (κ1) is 20.6. The van der Waals surface area contributed by atoms with Crippen LogP contribution in [0.5, 0.6) is 0 Å². The van der Waals surface area contributed by atoms with Crippen molar-refractivity contribution >= 4 is 15.9 Å². The molecule has 1 saturated heterocycles. The Morgan fingerprint density at radius 2 is 1.64 bits per heavy atom. The molecule has 0 bridgehead atoms. The van der Waals surface area contributed by atoms with E-state index in [0.717, 1.165) is 16.7 Å². The van der Waals surface area contributed by atoms with Crippen LogP contribution < -0.4 is 0 Å². The number of hydrogen-bond acceptors (Lipinski definition) is 3. The van der Waals surface area contributed by atoms with Gasteiger partial charge in [-0.05, 0) is 37.0 Å². The smallest absolute Gasteiger partial charge is 0.243 e. The number of carbonyl (C=O) groups is 1. The molecule has 0 radical (unpaired) electrons. The Morgan fingerprint density at radius 3 is 2.25 bits per heavy atom. The van der Waals surface area contributed by atoms with Gasteiger partial charge in [-0.25, -0.2) is 8.42 Å². The SMILES string of the molecule is Cc1ccc(S(=O)(=O)N2CCN(C(=O)CC(C)c3ccccc3)CC2)c(C)c1. The highest BCUT2D eigenvalue weighted by molar-refractivity contribution is 7.89. The number of rotatable bonds is 5. The number of benzene rings is 2. The van der Waals surface area contributed by atoms with E-state index in [9.17, 15) is 13.2 Å². The highest BCUT2D eigenvalue weighted by Crippen LogP contribution is 2.24. The fraction of sp³-hybridized carbons (Fsp3) is 0.409. The summed E-state index contributed by atoms with van der Waals surface area (Å²) in [6.45, 7) is 7.36. The van der Waals surface area contributed by atoms with Crippen molar-refractivity contribution in [1.29, 1.82) is 0 Å². The Kier molecular flexibility index (Phi) is 6.20. The van der Waals surface area contributed by atoms with E-state index in [2.05, 4.69) is 0 Å². The molecule has 0 spiro atoms. The topological polar surface area (TPSA) is 57.7 Å². The summed E-state index contributed by atoms with van der Waals surface area (Å²) in [5, 5.41) is 0. The minimum Gasteiger partial charge on any atom is -0.340 e. The van der Waals surface area contributed by atoms with Crippen molar-refractivity contribution in [2.24, 2.45) is 0 Å². The van der Waals surface area contributed by atoms with Gasteiger partial charge in [-0.1, -0.05) is 55.0 Å². The second kappa shape index (κ2) is 8.45. The minimum absolute atomic E-state index is 0.0833. The zero-order chi connectivity index (χ0) is 20.3. The lowest BCUT2D eigenvalue weighted by molar-refractivity contribution is -0.132. The number of amides is 1. The summed E-state index contributed by atoms with van der Waals surface area (Å²) in [7, 11) is -3.53. The van der Waals surface area contributed by atoms with Crippen molar-refractivity contribution in [1.82, 2.24) is 9.21 Å². The van der Waals surface area contributed by atoms with Gasteiger partial charge in [0.1, 0.15) is 0 Å². The molecule has 1 heterocycles. The van der Waals surface area contributed by atoms with Gasteiger partial charge in [0.15, 0.2) is 0 Å². The second-order valence-electron chi connectivity index (χ2n) is 7.57. The summed E-state index contributed by atoms with van der Waals surface area (Å²) in [4.78, 5) is 14.8. The third-order valence-corrected chi connectivity index (χ3v) is 7.45. The van der Waals surface area contributed by atoms with Crippen molar-refractivity contribution in [2.45, 2.75) is 38.0 Å². The monoisotopic (exact) mass is 400 g/mol. The van der Waals surface area contributed by atoms with Gasteiger partial charge in [0, 0.05) is 32.6 Å². The first-order valence-corrected chi connectivity index (χ1v) is 11.1. The Balaban J connectivity index is 1.61. The number of sulfonamides is 1. The van der Waals surface area contributed by atoms with Gasteiger partial charge >= 0.3 is 0 Å². The number of piperazine rings is 1. The number of nitrogens with zero attached hydrogens (tertiary/aromatic N) is 2. The van der Waals surface area contributed by atoms with Crippen LogP contribution in [0.1, 0.15) is 36.0 Å². The summed E-state index contributed by atoms with van der Waals surface area (Å²) in [5.74, 6) is 0.227. The van der Waals surface area contributed by atoms with Gasteiger partial charge < -0.3 is 4.90 Å². The molecule has 1 atom stereocenters. The first-order valence-electron chi connectivity index (χ1n) is 9.69. The quantitative estimate of drug-likeness (QED) is 0.774. The van der Waals surface area contributed by atoms with Gasteiger partial charge in [-0.3, -0.25) is 4.79 Å². The van der Waals surface area contributed by atoms with Gasteiger partial charge in [0.25, 0.3) is 0 Å². The zero-order valence-electron chi connectivity index (χ0n) is 16.8. The molecule has 1 aliphatic rings. The molecule has 150 valence electrons. The van der Waals surface area contributed by atoms with E-state index in [0.29, 0.717) is 37.5 Å². The van der Waals surface area contributed by atoms with Gasteiger partial charge in [-0.2, -0.15) is 4.31 Å². The molecule has 0 aliphatic carbocycles. The molecule has 6 heteroatoms. The Morgan fingerprint density at radius 1 is 1.00 bits per heavy atom. The zero-order valence-corrected chi connectivity index (χ0v) is 17.6. The molecular weight excluding hydrogens is 372 g/mol. The summed E-state index contributed by atoms with van der Waals surface area (Å²) in [6.07, 6.45) is 0.438. The molecule has 2 aromatic carbocycles. The Bertz CT molecular complexity index is 934. The maximum Gasteiger partial charge on any atom is 0.243 e. The van der Waals surface area contributed by atoms with E-state index >= 15 is 0 Å². The maximum atomic E-state index is 13.0. The average molecular weight is 401 g/mol. The normalized spacial score (nSPS) is 16.8. The molecule has 1 fully saturated rings. The van der Waals surface area contributed by atoms with E-state index in [1.807, 2.05) is 63.2 Å². The largest absolute Gasteiger partial charge is 0.340 e. The van der Waals surface area contributed by atoms with Crippen LogP contribution >= 0.6 is 0 Å². The average Bonchev–Trinajstić information content (AvgIpc) is 2.68. The van der Waals surface area contributed by atoms with Crippen LogP contribution in [-0.4, -0.2) is 49.7 Å².